The third-order valence-corrected chi connectivity index (χ3v) is 3.98. The van der Waals surface area contributed by atoms with E-state index < -0.39 is 8.49 Å². The molecule has 0 bridgehead atoms. The molecule has 0 amide bonds. The molecule has 0 unspecified atom stereocenters. The summed E-state index contributed by atoms with van der Waals surface area (Å²) in [7, 11) is -1.71. The monoisotopic (exact) mass is 136 g/mol. The van der Waals surface area contributed by atoms with Crippen molar-refractivity contribution in [2.45, 2.75) is 12.8 Å². The van der Waals surface area contributed by atoms with Gasteiger partial charge in [-0.15, -0.1) is 0 Å². The SMILES string of the molecule is O=S1(=S)CCCC1. The molecule has 1 aliphatic heterocycles. The molecular weight excluding hydrogens is 128 g/mol. The fourth-order valence-corrected chi connectivity index (χ4v) is 2.95. The summed E-state index contributed by atoms with van der Waals surface area (Å²) < 4.78 is 10.8. The molecule has 1 rings (SSSR count). The Kier molecular flexibility index (Phi) is 1.34. The van der Waals surface area contributed by atoms with E-state index in [2.05, 4.69) is 0 Å². The second-order valence-electron chi connectivity index (χ2n) is 1.86. The molecule has 42 valence electrons. The fourth-order valence-electron chi connectivity index (χ4n) is 0.746. The Morgan fingerprint density at radius 1 is 1.29 bits per heavy atom. The number of hydrogen-bond acceptors (Lipinski definition) is 2. The van der Waals surface area contributed by atoms with Crippen LogP contribution in [0.25, 0.3) is 0 Å². The van der Waals surface area contributed by atoms with Gasteiger partial charge < -0.3 is 0 Å². The first kappa shape index (κ1) is 5.51. The van der Waals surface area contributed by atoms with Crippen molar-refractivity contribution in [2.24, 2.45) is 0 Å². The molecule has 0 radical (unpaired) electrons. The molecule has 1 nitrogen and oxygen atoms in total. The van der Waals surface area contributed by atoms with E-state index in [0.717, 1.165) is 24.3 Å². The highest BCUT2D eigenvalue weighted by molar-refractivity contribution is 8.33. The maximum atomic E-state index is 10.8. The summed E-state index contributed by atoms with van der Waals surface area (Å²) >= 11 is 4.74. The van der Waals surface area contributed by atoms with Crippen molar-refractivity contribution in [1.29, 1.82) is 0 Å². The highest BCUT2D eigenvalue weighted by Gasteiger charge is 2.12. The Bertz CT molecular complexity index is 133. The second kappa shape index (κ2) is 1.71. The zero-order chi connectivity index (χ0) is 5.33. The minimum absolute atomic E-state index is 0.794. The molecular formula is C4H8OS2. The van der Waals surface area contributed by atoms with Crippen LogP contribution in [0, 0.1) is 0 Å². The summed E-state index contributed by atoms with van der Waals surface area (Å²) in [5.41, 5.74) is 0. The zero-order valence-electron chi connectivity index (χ0n) is 4.05. The average Bonchev–Trinajstić information content (AvgIpc) is 1.84. The van der Waals surface area contributed by atoms with Crippen molar-refractivity contribution >= 4 is 19.7 Å². The van der Waals surface area contributed by atoms with Crippen LogP contribution in [-0.4, -0.2) is 15.7 Å². The predicted octanol–water partition coefficient (Wildman–Crippen LogP) is 0.526. The smallest absolute Gasteiger partial charge is 0.0310 e. The van der Waals surface area contributed by atoms with Crippen molar-refractivity contribution < 1.29 is 4.21 Å². The Morgan fingerprint density at radius 2 is 1.71 bits per heavy atom. The van der Waals surface area contributed by atoms with E-state index in [4.69, 9.17) is 11.2 Å². The molecule has 0 atom stereocenters. The first-order valence-electron chi connectivity index (χ1n) is 2.41. The van der Waals surface area contributed by atoms with Gasteiger partial charge in [-0.2, -0.15) is 0 Å². The van der Waals surface area contributed by atoms with Gasteiger partial charge in [-0.25, -0.2) is 0 Å². The summed E-state index contributed by atoms with van der Waals surface area (Å²) in [6, 6.07) is 0. The number of rotatable bonds is 0. The van der Waals surface area contributed by atoms with Gasteiger partial charge in [0.1, 0.15) is 0 Å². The van der Waals surface area contributed by atoms with E-state index in [9.17, 15) is 4.21 Å². The molecule has 0 aromatic rings. The molecule has 0 aromatic carbocycles. The average molecular weight is 136 g/mol. The Balaban J connectivity index is 2.76. The number of hydrogen-bond donors (Lipinski definition) is 0. The second-order valence-corrected chi connectivity index (χ2v) is 5.99. The van der Waals surface area contributed by atoms with Crippen LogP contribution in [-0.2, 0) is 19.7 Å². The molecule has 7 heavy (non-hydrogen) atoms. The third-order valence-electron chi connectivity index (χ3n) is 1.16. The van der Waals surface area contributed by atoms with Crippen LogP contribution in [0.2, 0.25) is 0 Å². The lowest BCUT2D eigenvalue weighted by Gasteiger charge is -1.86. The first-order valence-corrected chi connectivity index (χ1v) is 5.23. The Hall–Kier alpha value is 0.370. The van der Waals surface area contributed by atoms with E-state index in [-0.39, 0.29) is 0 Å². The minimum atomic E-state index is -1.71. The fraction of sp³-hybridized carbons (Fsp3) is 1.00. The van der Waals surface area contributed by atoms with Gasteiger partial charge in [0.05, 0.1) is 0 Å². The predicted molar refractivity (Wildman–Crippen MR) is 34.5 cm³/mol. The van der Waals surface area contributed by atoms with Crippen LogP contribution < -0.4 is 0 Å². The van der Waals surface area contributed by atoms with E-state index in [1.807, 2.05) is 0 Å². The van der Waals surface area contributed by atoms with Crippen molar-refractivity contribution in [3.8, 4) is 0 Å². The zero-order valence-corrected chi connectivity index (χ0v) is 5.69. The standard InChI is InChI=1S/C4H8OS2/c5-7(6)3-1-2-4-7/h1-4H2. The molecule has 0 N–H and O–H groups in total. The van der Waals surface area contributed by atoms with E-state index in [1.165, 1.54) is 0 Å². The topological polar surface area (TPSA) is 17.1 Å². The lowest BCUT2D eigenvalue weighted by atomic mass is 10.4. The van der Waals surface area contributed by atoms with Crippen LogP contribution in [0.5, 0.6) is 0 Å². The van der Waals surface area contributed by atoms with Gasteiger partial charge >= 0.3 is 0 Å². The lowest BCUT2D eigenvalue weighted by Crippen LogP contribution is -1.96. The largest absolute Gasteiger partial charge is 0.257 e. The highest BCUT2D eigenvalue weighted by Crippen LogP contribution is 2.09. The summed E-state index contributed by atoms with van der Waals surface area (Å²) in [4.78, 5) is 0. The van der Waals surface area contributed by atoms with Gasteiger partial charge in [-0.1, -0.05) is 0 Å². The molecule has 1 saturated heterocycles. The summed E-state index contributed by atoms with van der Waals surface area (Å²) in [5, 5.41) is 0. The van der Waals surface area contributed by atoms with Crippen molar-refractivity contribution in [2.75, 3.05) is 11.5 Å². The first-order chi connectivity index (χ1) is 3.21. The van der Waals surface area contributed by atoms with Crippen LogP contribution in [0.15, 0.2) is 0 Å². The third kappa shape index (κ3) is 1.39. The quantitative estimate of drug-likeness (QED) is 0.483. The molecule has 1 heterocycles. The van der Waals surface area contributed by atoms with Crippen LogP contribution in [0.1, 0.15) is 12.8 Å². The van der Waals surface area contributed by atoms with Crippen LogP contribution in [0.4, 0.5) is 0 Å². The summed E-state index contributed by atoms with van der Waals surface area (Å²) in [6.07, 6.45) is 2.17. The maximum Gasteiger partial charge on any atom is 0.0310 e. The lowest BCUT2D eigenvalue weighted by molar-refractivity contribution is 0.686. The summed E-state index contributed by atoms with van der Waals surface area (Å²) in [6.45, 7) is 0. The van der Waals surface area contributed by atoms with Crippen molar-refractivity contribution in [3.63, 3.8) is 0 Å². The molecule has 0 saturated carbocycles. The van der Waals surface area contributed by atoms with E-state index >= 15 is 0 Å². The molecule has 0 aromatic heterocycles. The molecule has 0 aliphatic carbocycles. The van der Waals surface area contributed by atoms with Gasteiger partial charge in [0, 0.05) is 20.0 Å². The summed E-state index contributed by atoms with van der Waals surface area (Å²) in [5.74, 6) is 1.59. The molecule has 0 spiro atoms. The van der Waals surface area contributed by atoms with Crippen LogP contribution >= 0.6 is 0 Å². The van der Waals surface area contributed by atoms with Crippen molar-refractivity contribution in [1.82, 2.24) is 0 Å². The van der Waals surface area contributed by atoms with Gasteiger partial charge in [-0.05, 0) is 24.0 Å². The Labute approximate surface area is 48.8 Å². The Morgan fingerprint density at radius 3 is 1.86 bits per heavy atom. The van der Waals surface area contributed by atoms with Gasteiger partial charge in [0.15, 0.2) is 0 Å². The van der Waals surface area contributed by atoms with Crippen LogP contribution in [0.3, 0.4) is 0 Å². The minimum Gasteiger partial charge on any atom is -0.257 e. The highest BCUT2D eigenvalue weighted by atomic mass is 32.8. The maximum absolute atomic E-state index is 10.8. The molecule has 1 aliphatic rings. The van der Waals surface area contributed by atoms with Crippen molar-refractivity contribution in [3.05, 3.63) is 0 Å². The van der Waals surface area contributed by atoms with Gasteiger partial charge in [-0.3, -0.25) is 4.21 Å². The van der Waals surface area contributed by atoms with E-state index in [0.29, 0.717) is 0 Å². The molecule has 1 fully saturated rings. The normalized spacial score (nSPS) is 28.0. The molecule has 3 heteroatoms. The van der Waals surface area contributed by atoms with Gasteiger partial charge in [0.2, 0.25) is 0 Å². The van der Waals surface area contributed by atoms with Gasteiger partial charge in [0.25, 0.3) is 0 Å². The van der Waals surface area contributed by atoms with E-state index in [1.54, 1.807) is 0 Å².